The summed E-state index contributed by atoms with van der Waals surface area (Å²) in [6.45, 7) is 2.25. The average molecular weight is 260 g/mol. The minimum atomic E-state index is 0. The van der Waals surface area contributed by atoms with Gasteiger partial charge in [0.05, 0.1) is 0 Å². The molecule has 0 fully saturated rings. The molecular weight excluding hydrogens is 233 g/mol. The summed E-state index contributed by atoms with van der Waals surface area (Å²) in [6, 6.07) is 7.67. The van der Waals surface area contributed by atoms with Crippen molar-refractivity contribution < 1.29 is 34.7 Å². The summed E-state index contributed by atoms with van der Waals surface area (Å²) in [6.07, 6.45) is 10.3. The van der Waals surface area contributed by atoms with Crippen LogP contribution in [0.2, 0.25) is 0 Å². The number of hydrogen-bond acceptors (Lipinski definition) is 2. The van der Waals surface area contributed by atoms with Crippen LogP contribution in [0.25, 0.3) is 0 Å². The normalized spacial score (nSPS) is 9.39. The monoisotopic (exact) mass is 260 g/mol. The van der Waals surface area contributed by atoms with E-state index in [2.05, 4.69) is 6.92 Å². The van der Waals surface area contributed by atoms with Gasteiger partial charge in [-0.3, -0.25) is 0 Å². The Balaban J connectivity index is 0. The molecule has 0 aromatic heterocycles. The van der Waals surface area contributed by atoms with Crippen LogP contribution in [0.1, 0.15) is 57.4 Å². The third-order valence-corrected chi connectivity index (χ3v) is 3.04. The van der Waals surface area contributed by atoms with Gasteiger partial charge >= 0.3 is 29.6 Å². The summed E-state index contributed by atoms with van der Waals surface area (Å²) in [5, 5.41) is 9.58. The first-order valence-electron chi connectivity index (χ1n) is 6.61. The van der Waals surface area contributed by atoms with Crippen molar-refractivity contribution in [2.45, 2.75) is 58.3 Å². The van der Waals surface area contributed by atoms with Crippen molar-refractivity contribution in [3.63, 3.8) is 0 Å². The van der Waals surface area contributed by atoms with Gasteiger partial charge in [0.25, 0.3) is 0 Å². The average Bonchev–Trinajstić information content (AvgIpc) is 2.30. The molecule has 98 valence electrons. The molecule has 0 aliphatic rings. The molecule has 1 aromatic rings. The number of unbranched alkanes of at least 4 members (excludes halogenated alkanes) is 6. The van der Waals surface area contributed by atoms with Crippen LogP contribution in [-0.4, -0.2) is 5.11 Å². The Morgan fingerprint density at radius 3 is 2.06 bits per heavy atom. The van der Waals surface area contributed by atoms with E-state index in [0.29, 0.717) is 5.75 Å². The van der Waals surface area contributed by atoms with Gasteiger partial charge in [-0.25, -0.2) is 0 Å². The maximum Gasteiger partial charge on any atom is 1.00 e. The third kappa shape index (κ3) is 8.98. The molecule has 4 N–H and O–H groups in total. The van der Waals surface area contributed by atoms with Crippen LogP contribution in [0.5, 0.6) is 5.75 Å². The first-order chi connectivity index (χ1) is 7.84. The van der Waals surface area contributed by atoms with Crippen LogP contribution in [-0.2, 0) is 6.42 Å². The van der Waals surface area contributed by atoms with Crippen molar-refractivity contribution in [1.82, 2.24) is 6.15 Å². The van der Waals surface area contributed by atoms with Gasteiger partial charge in [0.2, 0.25) is 0 Å². The Morgan fingerprint density at radius 1 is 0.889 bits per heavy atom. The molecule has 1 rings (SSSR count). The SMILES string of the molecule is CCCCCCCCCc1ccccc1O.N.[Na+]. The molecule has 2 nitrogen and oxygen atoms in total. The number of aryl methyl sites for hydroxylation is 1. The molecule has 0 aliphatic carbocycles. The first-order valence-corrected chi connectivity index (χ1v) is 6.61. The molecule has 1 aromatic carbocycles. The van der Waals surface area contributed by atoms with Gasteiger partial charge in [-0.2, -0.15) is 0 Å². The molecule has 0 saturated heterocycles. The molecule has 0 spiro atoms. The number of rotatable bonds is 8. The zero-order valence-corrected chi connectivity index (χ0v) is 14.1. The molecule has 18 heavy (non-hydrogen) atoms. The summed E-state index contributed by atoms with van der Waals surface area (Å²) in [7, 11) is 0. The zero-order chi connectivity index (χ0) is 11.6. The summed E-state index contributed by atoms with van der Waals surface area (Å²) in [4.78, 5) is 0. The number of hydrogen-bond donors (Lipinski definition) is 2. The quantitative estimate of drug-likeness (QED) is 0.553. The molecule has 0 aliphatic heterocycles. The van der Waals surface area contributed by atoms with Crippen LogP contribution in [0.4, 0.5) is 0 Å². The second-order valence-corrected chi connectivity index (χ2v) is 4.50. The third-order valence-electron chi connectivity index (χ3n) is 3.04. The van der Waals surface area contributed by atoms with Crippen molar-refractivity contribution in [2.24, 2.45) is 0 Å². The Labute approximate surface area is 134 Å². The van der Waals surface area contributed by atoms with E-state index in [4.69, 9.17) is 0 Å². The maximum absolute atomic E-state index is 9.58. The molecule has 0 amide bonds. The first kappa shape index (κ1) is 20.3. The molecule has 0 bridgehead atoms. The van der Waals surface area contributed by atoms with Crippen LogP contribution in [0.15, 0.2) is 24.3 Å². The Hall–Kier alpha value is -0.0200. The minimum Gasteiger partial charge on any atom is -0.508 e. The smallest absolute Gasteiger partial charge is 0.508 e. The summed E-state index contributed by atoms with van der Waals surface area (Å²) >= 11 is 0. The maximum atomic E-state index is 9.58. The van der Waals surface area contributed by atoms with Crippen molar-refractivity contribution in [1.29, 1.82) is 0 Å². The van der Waals surface area contributed by atoms with E-state index in [1.54, 1.807) is 6.07 Å². The van der Waals surface area contributed by atoms with Gasteiger partial charge < -0.3 is 11.3 Å². The molecule has 0 saturated carbocycles. The van der Waals surface area contributed by atoms with Crippen molar-refractivity contribution >= 4 is 0 Å². The zero-order valence-electron chi connectivity index (χ0n) is 12.1. The fourth-order valence-corrected chi connectivity index (χ4v) is 1.99. The van der Waals surface area contributed by atoms with Crippen LogP contribution < -0.4 is 35.7 Å². The van der Waals surface area contributed by atoms with Crippen molar-refractivity contribution in [2.75, 3.05) is 0 Å². The topological polar surface area (TPSA) is 55.2 Å². The van der Waals surface area contributed by atoms with E-state index in [1.165, 1.54) is 44.9 Å². The van der Waals surface area contributed by atoms with Gasteiger partial charge in [0.15, 0.2) is 0 Å². The molecular formula is C15H27NNaO+. The number of phenolic OH excluding ortho intramolecular Hbond substituents is 1. The fourth-order valence-electron chi connectivity index (χ4n) is 1.99. The van der Waals surface area contributed by atoms with Crippen LogP contribution >= 0.6 is 0 Å². The van der Waals surface area contributed by atoms with Gasteiger partial charge in [-0.15, -0.1) is 0 Å². The second-order valence-electron chi connectivity index (χ2n) is 4.50. The summed E-state index contributed by atoms with van der Waals surface area (Å²) < 4.78 is 0. The Bertz CT molecular complexity index is 292. The predicted octanol–water partition coefficient (Wildman–Crippen LogP) is 1.85. The summed E-state index contributed by atoms with van der Waals surface area (Å²) in [5.41, 5.74) is 1.09. The van der Waals surface area contributed by atoms with E-state index in [0.717, 1.165) is 12.0 Å². The van der Waals surface area contributed by atoms with Gasteiger partial charge in [0.1, 0.15) is 5.75 Å². The molecule has 0 atom stereocenters. The van der Waals surface area contributed by atoms with E-state index >= 15 is 0 Å². The van der Waals surface area contributed by atoms with Gasteiger partial charge in [-0.05, 0) is 24.5 Å². The van der Waals surface area contributed by atoms with Gasteiger partial charge in [-0.1, -0.05) is 63.6 Å². The number of para-hydroxylation sites is 1. The Kier molecular flexibility index (Phi) is 15.1. The molecule has 0 radical (unpaired) electrons. The van der Waals surface area contributed by atoms with E-state index in [1.807, 2.05) is 18.2 Å². The molecule has 0 unspecified atom stereocenters. The summed E-state index contributed by atoms with van der Waals surface area (Å²) in [5.74, 6) is 0.452. The van der Waals surface area contributed by atoms with Crippen molar-refractivity contribution in [3.05, 3.63) is 29.8 Å². The van der Waals surface area contributed by atoms with Crippen LogP contribution in [0, 0.1) is 0 Å². The van der Waals surface area contributed by atoms with Crippen LogP contribution in [0.3, 0.4) is 0 Å². The largest absolute Gasteiger partial charge is 1.00 e. The number of benzene rings is 1. The molecule has 0 heterocycles. The van der Waals surface area contributed by atoms with Crippen molar-refractivity contribution in [3.8, 4) is 5.75 Å². The fraction of sp³-hybridized carbons (Fsp3) is 0.600. The Morgan fingerprint density at radius 2 is 1.44 bits per heavy atom. The second kappa shape index (κ2) is 13.4. The molecule has 3 heteroatoms. The van der Waals surface area contributed by atoms with Gasteiger partial charge in [0, 0.05) is 0 Å². The number of aromatic hydroxyl groups is 1. The predicted molar refractivity (Wildman–Crippen MR) is 74.8 cm³/mol. The number of phenols is 1. The minimum absolute atomic E-state index is 0. The van der Waals surface area contributed by atoms with E-state index in [9.17, 15) is 5.11 Å². The standard InChI is InChI=1S/C15H24O.H3N.Na/c1-2-3-4-5-6-7-8-11-14-12-9-10-13-15(14)16;;/h9-10,12-13,16H,2-8,11H2,1H3;1H3;/q;;+1. The van der Waals surface area contributed by atoms with E-state index in [-0.39, 0.29) is 35.7 Å². The van der Waals surface area contributed by atoms with E-state index < -0.39 is 0 Å².